The lowest BCUT2D eigenvalue weighted by Crippen LogP contribution is -2.26. The van der Waals surface area contributed by atoms with Crippen molar-refractivity contribution in [3.63, 3.8) is 0 Å². The highest BCUT2D eigenvalue weighted by Crippen LogP contribution is 2.29. The fourth-order valence-corrected chi connectivity index (χ4v) is 4.91. The molecule has 0 atom stereocenters. The molecule has 34 heavy (non-hydrogen) atoms. The number of pyridine rings is 1. The maximum absolute atomic E-state index is 13.3. The van der Waals surface area contributed by atoms with E-state index in [1.54, 1.807) is 0 Å². The zero-order valence-electron chi connectivity index (χ0n) is 17.9. The Labute approximate surface area is 198 Å². The number of carbonyl (C=O) groups is 1. The number of carbonyl (C=O) groups excluding carboxylic acids is 1. The number of halogens is 2. The summed E-state index contributed by atoms with van der Waals surface area (Å²) in [6, 6.07) is 9.21. The number of aromatic amines is 2. The number of H-pyrrole nitrogens is 2. The summed E-state index contributed by atoms with van der Waals surface area (Å²) in [6.07, 6.45) is 1.84. The minimum absolute atomic E-state index is 0.0751. The molecule has 9 nitrogen and oxygen atoms in total. The van der Waals surface area contributed by atoms with Crippen molar-refractivity contribution in [2.24, 2.45) is 0 Å². The molecule has 0 spiro atoms. The zero-order valence-corrected chi connectivity index (χ0v) is 19.5. The van der Waals surface area contributed by atoms with Crippen molar-refractivity contribution in [2.75, 3.05) is 24.5 Å². The van der Waals surface area contributed by atoms with Crippen LogP contribution < -0.4 is 14.7 Å². The van der Waals surface area contributed by atoms with E-state index in [0.29, 0.717) is 23.9 Å². The van der Waals surface area contributed by atoms with Crippen LogP contribution in [-0.4, -0.2) is 44.6 Å². The number of rotatable bonds is 8. The van der Waals surface area contributed by atoms with Crippen LogP contribution in [0, 0.1) is 5.82 Å². The summed E-state index contributed by atoms with van der Waals surface area (Å²) in [7, 11) is -2.69. The molecular weight excluding hydrogens is 487 g/mol. The molecule has 0 saturated heterocycles. The van der Waals surface area contributed by atoms with Gasteiger partial charge in [0.2, 0.25) is 0 Å². The smallest absolute Gasteiger partial charge is 0.340 e. The summed E-state index contributed by atoms with van der Waals surface area (Å²) >= 11 is 5.39. The molecule has 4 rings (SSSR count). The number of nitrogens with one attached hydrogen (secondary N) is 3. The van der Waals surface area contributed by atoms with Crippen molar-refractivity contribution >= 4 is 55.3 Å². The van der Waals surface area contributed by atoms with Gasteiger partial charge < -0.3 is 14.7 Å². The highest BCUT2D eigenvalue weighted by Gasteiger charge is 2.24. The Morgan fingerprint density at radius 2 is 1.94 bits per heavy atom. The van der Waals surface area contributed by atoms with Crippen LogP contribution >= 0.6 is 11.8 Å². The van der Waals surface area contributed by atoms with E-state index in [1.165, 1.54) is 43.6 Å². The Morgan fingerprint density at radius 3 is 2.65 bits per heavy atom. The topological polar surface area (TPSA) is 124 Å². The molecule has 0 aliphatic rings. The molecule has 178 valence electrons. The second kappa shape index (κ2) is 9.45. The van der Waals surface area contributed by atoms with Crippen molar-refractivity contribution in [1.29, 1.82) is 0 Å². The second-order valence-corrected chi connectivity index (χ2v) is 9.67. The molecular formula is C22H20ClFN4O5S. The van der Waals surface area contributed by atoms with Crippen molar-refractivity contribution in [1.82, 2.24) is 14.8 Å². The maximum Gasteiger partial charge on any atom is 0.340 e. The maximum atomic E-state index is 13.3. The lowest BCUT2D eigenvalue weighted by molar-refractivity contribution is 0.0504. The van der Waals surface area contributed by atoms with Crippen LogP contribution in [0.15, 0.2) is 58.4 Å². The minimum atomic E-state index is -4.04. The van der Waals surface area contributed by atoms with E-state index >= 15 is 0 Å². The van der Waals surface area contributed by atoms with E-state index in [9.17, 15) is 22.4 Å². The molecule has 0 radical (unpaired) electrons. The first-order chi connectivity index (χ1) is 16.2. The van der Waals surface area contributed by atoms with E-state index in [0.717, 1.165) is 16.4 Å². The molecule has 0 fully saturated rings. The first kappa shape index (κ1) is 23.7. The van der Waals surface area contributed by atoms with Gasteiger partial charge >= 0.3 is 5.97 Å². The fourth-order valence-electron chi connectivity index (χ4n) is 3.56. The zero-order chi connectivity index (χ0) is 24.5. The summed E-state index contributed by atoms with van der Waals surface area (Å²) < 4.78 is 46.1. The predicted molar refractivity (Wildman–Crippen MR) is 127 cm³/mol. The molecule has 3 N–H and O–H groups in total. The number of anilines is 1. The normalized spacial score (nSPS) is 11.7. The van der Waals surface area contributed by atoms with Crippen LogP contribution in [-0.2, 0) is 14.8 Å². The third-order valence-corrected chi connectivity index (χ3v) is 7.30. The molecule has 2 aromatic heterocycles. The monoisotopic (exact) mass is 506 g/mol. The number of benzene rings is 2. The molecule has 0 unspecified atom stereocenters. The number of aromatic nitrogens is 2. The van der Waals surface area contributed by atoms with Gasteiger partial charge in [-0.2, -0.15) is 0 Å². The number of hydrogen-bond donors (Lipinski definition) is 3. The van der Waals surface area contributed by atoms with Gasteiger partial charge in [-0.1, -0.05) is 0 Å². The Morgan fingerprint density at radius 1 is 1.21 bits per heavy atom. The van der Waals surface area contributed by atoms with Gasteiger partial charge in [0.25, 0.3) is 15.6 Å². The van der Waals surface area contributed by atoms with Gasteiger partial charge in [0.15, 0.2) is 0 Å². The average molecular weight is 507 g/mol. The number of sulfonamides is 1. The van der Waals surface area contributed by atoms with Crippen molar-refractivity contribution < 1.29 is 22.3 Å². The Bertz CT molecular complexity index is 1530. The van der Waals surface area contributed by atoms with Gasteiger partial charge in [0.1, 0.15) is 11.3 Å². The lowest BCUT2D eigenvalue weighted by atomic mass is 10.1. The Balaban J connectivity index is 1.80. The third kappa shape index (κ3) is 4.37. The third-order valence-electron chi connectivity index (χ3n) is 5.33. The molecule has 0 aliphatic carbocycles. The fraction of sp³-hybridized carbons (Fsp3) is 0.182. The Hall–Kier alpha value is -3.41. The molecule has 0 bridgehead atoms. The molecule has 0 amide bonds. The molecule has 12 heteroatoms. The van der Waals surface area contributed by atoms with E-state index in [1.807, 2.05) is 0 Å². The van der Waals surface area contributed by atoms with Gasteiger partial charge in [-0.15, -0.1) is 0 Å². The summed E-state index contributed by atoms with van der Waals surface area (Å²) in [5, 5.41) is 0.597. The number of fused-ring (bicyclic) bond motifs is 3. The standard InChI is InChI=1S/C22H20ClFN4O5S/c1-28(14-5-3-13(24)4-6-14)34(31,32)15-7-8-18-16(11-15)19-17(12-25-20(19)21(29)27-18)22(30)33-10-2-9-26-23/h3-8,11-12,25-26H,2,9-10H2,1H3,(H,27,29). The minimum Gasteiger partial charge on any atom is -0.462 e. The van der Waals surface area contributed by atoms with Crippen molar-refractivity contribution in [3.8, 4) is 0 Å². The first-order valence-corrected chi connectivity index (χ1v) is 12.0. The van der Waals surface area contributed by atoms with Gasteiger partial charge in [-0.3, -0.25) is 9.10 Å². The molecule has 0 aliphatic heterocycles. The molecule has 0 saturated carbocycles. The average Bonchev–Trinajstić information content (AvgIpc) is 3.28. The van der Waals surface area contributed by atoms with Gasteiger partial charge in [0, 0.05) is 36.1 Å². The predicted octanol–water partition coefficient (Wildman–Crippen LogP) is 3.26. The van der Waals surface area contributed by atoms with Crippen molar-refractivity contribution in [2.45, 2.75) is 11.3 Å². The van der Waals surface area contributed by atoms with E-state index in [4.69, 9.17) is 16.5 Å². The highest BCUT2D eigenvalue weighted by molar-refractivity contribution is 7.92. The summed E-state index contributed by atoms with van der Waals surface area (Å²) in [4.78, 5) is 33.0. The number of ether oxygens (including phenoxy) is 1. The van der Waals surface area contributed by atoms with E-state index < -0.39 is 27.4 Å². The molecule has 2 aromatic carbocycles. The van der Waals surface area contributed by atoms with Crippen molar-refractivity contribution in [3.05, 3.63) is 70.4 Å². The van der Waals surface area contributed by atoms with Gasteiger partial charge in [-0.05, 0) is 60.7 Å². The van der Waals surface area contributed by atoms with E-state index in [-0.39, 0.29) is 33.7 Å². The van der Waals surface area contributed by atoms with Crippen LogP contribution in [0.3, 0.4) is 0 Å². The van der Waals surface area contributed by atoms with Crippen LogP contribution in [0.2, 0.25) is 0 Å². The number of nitrogens with zero attached hydrogens (tertiary/aromatic N) is 1. The summed E-state index contributed by atoms with van der Waals surface area (Å²) in [5.41, 5.74) is 0.368. The second-order valence-electron chi connectivity index (χ2n) is 7.44. The lowest BCUT2D eigenvalue weighted by Gasteiger charge is -2.20. The van der Waals surface area contributed by atoms with Crippen LogP contribution in [0.25, 0.3) is 21.8 Å². The number of esters is 1. The summed E-state index contributed by atoms with van der Waals surface area (Å²) in [6.45, 7) is 0.544. The van der Waals surface area contributed by atoms with E-state index in [2.05, 4.69) is 14.8 Å². The largest absolute Gasteiger partial charge is 0.462 e. The Kier molecular flexibility index (Phi) is 6.60. The quantitative estimate of drug-likeness (QED) is 0.191. The number of hydrogen-bond acceptors (Lipinski definition) is 6. The van der Waals surface area contributed by atoms with Gasteiger partial charge in [-0.25, -0.2) is 22.4 Å². The van der Waals surface area contributed by atoms with Crippen LogP contribution in [0.4, 0.5) is 10.1 Å². The highest BCUT2D eigenvalue weighted by atomic mass is 35.5. The molecule has 2 heterocycles. The van der Waals surface area contributed by atoms with Crippen LogP contribution in [0.1, 0.15) is 16.8 Å². The van der Waals surface area contributed by atoms with Gasteiger partial charge in [0.05, 0.1) is 22.8 Å². The first-order valence-electron chi connectivity index (χ1n) is 10.2. The molecule has 4 aromatic rings. The SMILES string of the molecule is CN(c1ccc(F)cc1)S(=O)(=O)c1ccc2[nH]c(=O)c3[nH]cc(C(=O)OCCCNCl)c3c2c1. The summed E-state index contributed by atoms with van der Waals surface area (Å²) in [5.74, 6) is -1.15. The van der Waals surface area contributed by atoms with Crippen LogP contribution in [0.5, 0.6) is 0 Å².